The summed E-state index contributed by atoms with van der Waals surface area (Å²) in [6, 6.07) is 2.03. The van der Waals surface area contributed by atoms with Gasteiger partial charge in [-0.2, -0.15) is 0 Å². The van der Waals surface area contributed by atoms with Crippen LogP contribution in [0.2, 0.25) is 0 Å². The smallest absolute Gasteiger partial charge is 0.242 e. The van der Waals surface area contributed by atoms with Gasteiger partial charge in [0.2, 0.25) is 17.8 Å². The minimum atomic E-state index is -0.187. The van der Waals surface area contributed by atoms with Crippen molar-refractivity contribution in [2.24, 2.45) is 0 Å². The molecule has 5 rings (SSSR count). The molecule has 0 aliphatic carbocycles. The largest absolute Gasteiger partial charge is 0.341 e. The van der Waals surface area contributed by atoms with Gasteiger partial charge in [-0.15, -0.1) is 11.3 Å². The number of nitrogens with zero attached hydrogens (tertiary/aromatic N) is 5. The molecule has 0 radical (unpaired) electrons. The zero-order valence-electron chi connectivity index (χ0n) is 16.7. The maximum Gasteiger partial charge on any atom is 0.242 e. The third-order valence-corrected chi connectivity index (χ3v) is 7.66. The van der Waals surface area contributed by atoms with Gasteiger partial charge in [0.15, 0.2) is 0 Å². The Labute approximate surface area is 174 Å². The third-order valence-electron chi connectivity index (χ3n) is 6.82. The summed E-state index contributed by atoms with van der Waals surface area (Å²) in [6.07, 6.45) is 8.28. The minimum absolute atomic E-state index is 0.115. The zero-order chi connectivity index (χ0) is 19.8. The lowest BCUT2D eigenvalue weighted by Crippen LogP contribution is -2.51. The standard InChI is InChI=1S/C21H27N5O2S/c27-18-4-7-21(26(18)15-19(28)24-9-1-2-10-24)6-3-11-25(12-8-21)20-22-14-17-16(23-20)5-13-29-17/h5,13-14H,1-4,6-12,15H2. The van der Waals surface area contributed by atoms with Crippen LogP contribution in [0.1, 0.15) is 44.9 Å². The summed E-state index contributed by atoms with van der Waals surface area (Å²) < 4.78 is 1.10. The van der Waals surface area contributed by atoms with Crippen molar-refractivity contribution in [3.05, 3.63) is 17.6 Å². The number of anilines is 1. The Bertz CT molecular complexity index is 925. The van der Waals surface area contributed by atoms with Crippen LogP contribution in [0, 0.1) is 0 Å². The predicted octanol–water partition coefficient (Wildman–Crippen LogP) is 2.67. The van der Waals surface area contributed by atoms with E-state index in [1.165, 1.54) is 0 Å². The van der Waals surface area contributed by atoms with Gasteiger partial charge >= 0.3 is 0 Å². The normalized spacial score (nSPS) is 25.4. The molecular formula is C21H27N5O2S. The number of aromatic nitrogens is 2. The summed E-state index contributed by atoms with van der Waals surface area (Å²) in [5.41, 5.74) is 0.807. The number of fused-ring (bicyclic) bond motifs is 1. The van der Waals surface area contributed by atoms with Crippen molar-refractivity contribution in [1.29, 1.82) is 0 Å². The number of thiophene rings is 1. The van der Waals surface area contributed by atoms with E-state index in [2.05, 4.69) is 9.88 Å². The Morgan fingerprint density at radius 2 is 1.97 bits per heavy atom. The van der Waals surface area contributed by atoms with E-state index < -0.39 is 0 Å². The monoisotopic (exact) mass is 413 g/mol. The van der Waals surface area contributed by atoms with E-state index in [0.29, 0.717) is 6.42 Å². The highest BCUT2D eigenvalue weighted by Crippen LogP contribution is 2.39. The summed E-state index contributed by atoms with van der Waals surface area (Å²) in [4.78, 5) is 40.8. The maximum atomic E-state index is 12.7. The van der Waals surface area contributed by atoms with E-state index in [1.807, 2.05) is 27.4 Å². The highest BCUT2D eigenvalue weighted by atomic mass is 32.1. The molecule has 154 valence electrons. The van der Waals surface area contributed by atoms with Gasteiger partial charge in [0.1, 0.15) is 6.54 Å². The van der Waals surface area contributed by atoms with Crippen LogP contribution in [0.15, 0.2) is 17.6 Å². The van der Waals surface area contributed by atoms with Crippen molar-refractivity contribution in [3.8, 4) is 0 Å². The Morgan fingerprint density at radius 3 is 2.83 bits per heavy atom. The maximum absolute atomic E-state index is 12.7. The molecule has 3 aliphatic rings. The molecule has 3 saturated heterocycles. The molecule has 0 N–H and O–H groups in total. The fourth-order valence-corrected chi connectivity index (χ4v) is 5.83. The SMILES string of the molecule is O=C(CN1C(=O)CCC12CCCN(c1ncc3sccc3n1)CC2)N1CCCC1. The second-order valence-corrected chi connectivity index (χ2v) is 9.42. The minimum Gasteiger partial charge on any atom is -0.341 e. The van der Waals surface area contributed by atoms with Crippen molar-refractivity contribution in [1.82, 2.24) is 19.8 Å². The number of carbonyl (C=O) groups is 2. The summed E-state index contributed by atoms with van der Waals surface area (Å²) in [5, 5.41) is 2.04. The van der Waals surface area contributed by atoms with Crippen LogP contribution in [-0.2, 0) is 9.59 Å². The Hall–Kier alpha value is -2.22. The quantitative estimate of drug-likeness (QED) is 0.774. The van der Waals surface area contributed by atoms with Crippen molar-refractivity contribution in [2.45, 2.75) is 50.5 Å². The van der Waals surface area contributed by atoms with Crippen LogP contribution in [0.4, 0.5) is 5.95 Å². The molecule has 1 atom stereocenters. The van der Waals surface area contributed by atoms with Gasteiger partial charge in [-0.25, -0.2) is 9.97 Å². The first-order valence-corrected chi connectivity index (χ1v) is 11.6. The lowest BCUT2D eigenvalue weighted by molar-refractivity contribution is -0.141. The number of likely N-dealkylation sites (tertiary alicyclic amines) is 2. The van der Waals surface area contributed by atoms with E-state index in [0.717, 1.165) is 80.9 Å². The molecule has 29 heavy (non-hydrogen) atoms. The van der Waals surface area contributed by atoms with E-state index in [1.54, 1.807) is 11.3 Å². The molecular weight excluding hydrogens is 386 g/mol. The highest BCUT2D eigenvalue weighted by molar-refractivity contribution is 7.17. The van der Waals surface area contributed by atoms with Crippen molar-refractivity contribution >= 4 is 39.3 Å². The molecule has 5 heterocycles. The van der Waals surface area contributed by atoms with E-state index >= 15 is 0 Å². The Morgan fingerprint density at radius 1 is 1.10 bits per heavy atom. The van der Waals surface area contributed by atoms with E-state index in [4.69, 9.17) is 4.98 Å². The van der Waals surface area contributed by atoms with Crippen LogP contribution in [0.5, 0.6) is 0 Å². The molecule has 0 bridgehead atoms. The average molecular weight is 414 g/mol. The molecule has 2 aromatic heterocycles. The van der Waals surface area contributed by atoms with Crippen LogP contribution in [0.3, 0.4) is 0 Å². The molecule has 0 saturated carbocycles. The lowest BCUT2D eigenvalue weighted by atomic mass is 9.87. The first-order valence-electron chi connectivity index (χ1n) is 10.7. The molecule has 1 unspecified atom stereocenters. The fourth-order valence-electron chi connectivity index (χ4n) is 5.14. The molecule has 0 aromatic carbocycles. The van der Waals surface area contributed by atoms with Crippen LogP contribution < -0.4 is 4.90 Å². The predicted molar refractivity (Wildman–Crippen MR) is 113 cm³/mol. The van der Waals surface area contributed by atoms with Gasteiger partial charge in [0, 0.05) is 38.1 Å². The molecule has 2 amide bonds. The van der Waals surface area contributed by atoms with E-state index in [-0.39, 0.29) is 23.9 Å². The number of rotatable bonds is 3. The second kappa shape index (κ2) is 7.55. The van der Waals surface area contributed by atoms with Crippen LogP contribution in [-0.4, -0.2) is 69.8 Å². The zero-order valence-corrected chi connectivity index (χ0v) is 17.5. The molecule has 1 spiro atoms. The Balaban J connectivity index is 1.32. The van der Waals surface area contributed by atoms with Gasteiger partial charge in [0.05, 0.1) is 16.4 Å². The number of carbonyl (C=O) groups excluding carboxylic acids is 2. The van der Waals surface area contributed by atoms with Gasteiger partial charge < -0.3 is 14.7 Å². The van der Waals surface area contributed by atoms with Crippen molar-refractivity contribution in [3.63, 3.8) is 0 Å². The Kier molecular flexibility index (Phi) is 4.89. The molecule has 3 fully saturated rings. The number of hydrogen-bond donors (Lipinski definition) is 0. The molecule has 8 heteroatoms. The summed E-state index contributed by atoms with van der Waals surface area (Å²) in [5.74, 6) is 1.03. The van der Waals surface area contributed by atoms with E-state index in [9.17, 15) is 9.59 Å². The highest BCUT2D eigenvalue weighted by Gasteiger charge is 2.46. The van der Waals surface area contributed by atoms with Crippen LogP contribution >= 0.6 is 11.3 Å². The second-order valence-electron chi connectivity index (χ2n) is 8.47. The summed E-state index contributed by atoms with van der Waals surface area (Å²) in [7, 11) is 0. The average Bonchev–Trinajstić information content (AvgIpc) is 3.44. The first-order chi connectivity index (χ1) is 14.1. The topological polar surface area (TPSA) is 69.6 Å². The summed E-state index contributed by atoms with van der Waals surface area (Å²) in [6.45, 7) is 3.63. The van der Waals surface area contributed by atoms with Crippen molar-refractivity contribution < 1.29 is 9.59 Å². The molecule has 7 nitrogen and oxygen atoms in total. The number of amides is 2. The number of hydrogen-bond acceptors (Lipinski definition) is 6. The van der Waals surface area contributed by atoms with Gasteiger partial charge in [-0.1, -0.05) is 0 Å². The fraction of sp³-hybridized carbons (Fsp3) is 0.619. The molecule has 2 aromatic rings. The van der Waals surface area contributed by atoms with Gasteiger partial charge in [-0.05, 0) is 50.0 Å². The van der Waals surface area contributed by atoms with Gasteiger partial charge in [0.25, 0.3) is 0 Å². The first kappa shape index (κ1) is 18.8. The van der Waals surface area contributed by atoms with Crippen LogP contribution in [0.25, 0.3) is 10.2 Å². The van der Waals surface area contributed by atoms with Gasteiger partial charge in [-0.3, -0.25) is 9.59 Å². The summed E-state index contributed by atoms with van der Waals surface area (Å²) >= 11 is 1.65. The third kappa shape index (κ3) is 3.47. The van der Waals surface area contributed by atoms with Crippen molar-refractivity contribution in [2.75, 3.05) is 37.6 Å². The molecule has 3 aliphatic heterocycles. The lowest BCUT2D eigenvalue weighted by Gasteiger charge is -2.38.